The Labute approximate surface area is 155 Å². The van der Waals surface area contributed by atoms with Gasteiger partial charge in [0.2, 0.25) is 0 Å². The third kappa shape index (κ3) is 7.53. The molecule has 26 heavy (non-hydrogen) atoms. The van der Waals surface area contributed by atoms with Crippen molar-refractivity contribution >= 4 is 12.0 Å². The van der Waals surface area contributed by atoms with E-state index >= 15 is 0 Å². The second-order valence-corrected chi connectivity index (χ2v) is 5.97. The van der Waals surface area contributed by atoms with E-state index in [9.17, 15) is 4.79 Å². The molecule has 0 saturated carbocycles. The highest BCUT2D eigenvalue weighted by Gasteiger charge is 2.03. The lowest BCUT2D eigenvalue weighted by atomic mass is 10.1. The first-order valence-corrected chi connectivity index (χ1v) is 8.92. The summed E-state index contributed by atoms with van der Waals surface area (Å²) in [4.78, 5) is 11.2. The van der Waals surface area contributed by atoms with Gasteiger partial charge in [-0.05, 0) is 49.1 Å². The van der Waals surface area contributed by atoms with Gasteiger partial charge < -0.3 is 14.2 Å². The number of benzene rings is 2. The Hall–Kier alpha value is -2.59. The van der Waals surface area contributed by atoms with Crippen molar-refractivity contribution < 1.29 is 19.0 Å². The van der Waals surface area contributed by atoms with Gasteiger partial charge in [0.25, 0.3) is 0 Å². The smallest absolute Gasteiger partial charge is 0.332 e. The molecule has 0 spiro atoms. The van der Waals surface area contributed by atoms with E-state index in [1.165, 1.54) is 0 Å². The summed E-state index contributed by atoms with van der Waals surface area (Å²) in [5.74, 6) is 1.69. The molecule has 0 saturated heterocycles. The molecule has 0 N–H and O–H groups in total. The molecular formula is C22H26O4. The monoisotopic (exact) mass is 354 g/mol. The number of para-hydroxylation sites is 1. The first-order valence-electron chi connectivity index (χ1n) is 8.92. The van der Waals surface area contributed by atoms with Gasteiger partial charge in [-0.15, -0.1) is 0 Å². The average molecular weight is 354 g/mol. The molecule has 4 heteroatoms. The normalized spacial score (nSPS) is 12.1. The summed E-state index contributed by atoms with van der Waals surface area (Å²) in [6, 6.07) is 17.7. The number of ether oxygens (including phenoxy) is 3. The number of carbonyl (C=O) groups excluding carboxylic acids is 1. The fourth-order valence-electron chi connectivity index (χ4n) is 2.27. The molecule has 0 radical (unpaired) electrons. The standard InChI is InChI=1S/C22H26O4/c1-3-25-22(23)17-24-16-15-18(2)9-10-19-11-13-21(14-12-19)26-20-7-5-4-6-8-20/h4-14,18H,3,15-17H2,1-2H3. The third-order valence-corrected chi connectivity index (χ3v) is 3.72. The number of esters is 1. The van der Waals surface area contributed by atoms with Crippen molar-refractivity contribution in [1.29, 1.82) is 0 Å². The number of hydrogen-bond donors (Lipinski definition) is 0. The lowest BCUT2D eigenvalue weighted by molar-refractivity contribution is -0.148. The predicted octanol–water partition coefficient (Wildman–Crippen LogP) is 5.10. The Bertz CT molecular complexity index is 677. The summed E-state index contributed by atoms with van der Waals surface area (Å²) in [6.07, 6.45) is 5.08. The zero-order valence-corrected chi connectivity index (χ0v) is 15.4. The van der Waals surface area contributed by atoms with Crippen molar-refractivity contribution in [3.8, 4) is 11.5 Å². The molecule has 0 fully saturated rings. The molecule has 2 aromatic rings. The molecule has 2 rings (SSSR count). The van der Waals surface area contributed by atoms with Crippen LogP contribution in [-0.4, -0.2) is 25.8 Å². The van der Waals surface area contributed by atoms with Crippen LogP contribution in [-0.2, 0) is 14.3 Å². The van der Waals surface area contributed by atoms with Crippen molar-refractivity contribution in [3.63, 3.8) is 0 Å². The van der Waals surface area contributed by atoms with Gasteiger partial charge >= 0.3 is 5.97 Å². The number of allylic oxidation sites excluding steroid dienone is 1. The van der Waals surface area contributed by atoms with E-state index in [0.29, 0.717) is 19.1 Å². The summed E-state index contributed by atoms with van der Waals surface area (Å²) >= 11 is 0. The predicted molar refractivity (Wildman–Crippen MR) is 103 cm³/mol. The molecule has 138 valence electrons. The third-order valence-electron chi connectivity index (χ3n) is 3.72. The fourth-order valence-corrected chi connectivity index (χ4v) is 2.27. The topological polar surface area (TPSA) is 44.8 Å². The highest BCUT2D eigenvalue weighted by molar-refractivity contribution is 5.70. The van der Waals surface area contributed by atoms with E-state index in [1.54, 1.807) is 6.92 Å². The summed E-state index contributed by atoms with van der Waals surface area (Å²) in [5.41, 5.74) is 1.12. The minimum atomic E-state index is -0.312. The van der Waals surface area contributed by atoms with Gasteiger partial charge in [0, 0.05) is 6.61 Å². The quantitative estimate of drug-likeness (QED) is 0.440. The highest BCUT2D eigenvalue weighted by atomic mass is 16.6. The summed E-state index contributed by atoms with van der Waals surface area (Å²) in [7, 11) is 0. The Kier molecular flexibility index (Phi) is 8.43. The van der Waals surface area contributed by atoms with E-state index < -0.39 is 0 Å². The first-order chi connectivity index (χ1) is 12.7. The average Bonchev–Trinajstić information content (AvgIpc) is 2.66. The zero-order valence-electron chi connectivity index (χ0n) is 15.4. The molecule has 1 atom stereocenters. The van der Waals surface area contributed by atoms with Crippen molar-refractivity contribution in [1.82, 2.24) is 0 Å². The minimum Gasteiger partial charge on any atom is -0.464 e. The number of hydrogen-bond acceptors (Lipinski definition) is 4. The van der Waals surface area contributed by atoms with Gasteiger partial charge in [-0.1, -0.05) is 49.4 Å². The molecule has 2 aromatic carbocycles. The van der Waals surface area contributed by atoms with Crippen LogP contribution in [0.5, 0.6) is 11.5 Å². The lowest BCUT2D eigenvalue weighted by Gasteiger charge is -2.08. The van der Waals surface area contributed by atoms with Gasteiger partial charge in [-0.3, -0.25) is 0 Å². The lowest BCUT2D eigenvalue weighted by Crippen LogP contribution is -2.13. The maximum absolute atomic E-state index is 11.2. The van der Waals surface area contributed by atoms with Gasteiger partial charge in [-0.25, -0.2) is 4.79 Å². The molecule has 0 heterocycles. The summed E-state index contributed by atoms with van der Waals surface area (Å²) in [5, 5.41) is 0. The van der Waals surface area contributed by atoms with Crippen molar-refractivity contribution in [3.05, 3.63) is 66.2 Å². The summed E-state index contributed by atoms with van der Waals surface area (Å²) in [6.45, 7) is 4.85. The molecule has 0 aliphatic heterocycles. The van der Waals surface area contributed by atoms with Gasteiger partial charge in [0.15, 0.2) is 0 Å². The van der Waals surface area contributed by atoms with E-state index in [0.717, 1.165) is 23.5 Å². The Morgan fingerprint density at radius 1 is 1.04 bits per heavy atom. The van der Waals surface area contributed by atoms with E-state index in [-0.39, 0.29) is 12.6 Å². The number of rotatable bonds is 10. The second kappa shape index (κ2) is 11.1. The van der Waals surface area contributed by atoms with Gasteiger partial charge in [0.05, 0.1) is 6.61 Å². The van der Waals surface area contributed by atoms with Crippen LogP contribution < -0.4 is 4.74 Å². The van der Waals surface area contributed by atoms with Crippen molar-refractivity contribution in [2.45, 2.75) is 20.3 Å². The SMILES string of the molecule is CCOC(=O)COCCC(C)C=Cc1ccc(Oc2ccccc2)cc1. The maximum Gasteiger partial charge on any atom is 0.332 e. The Balaban J connectivity index is 1.72. The van der Waals surface area contributed by atoms with Crippen LogP contribution in [0.15, 0.2) is 60.7 Å². The van der Waals surface area contributed by atoms with Crippen LogP contribution in [0, 0.1) is 5.92 Å². The second-order valence-electron chi connectivity index (χ2n) is 5.97. The van der Waals surface area contributed by atoms with Crippen LogP contribution in [0.3, 0.4) is 0 Å². The molecule has 0 bridgehead atoms. The Morgan fingerprint density at radius 2 is 1.73 bits per heavy atom. The molecular weight excluding hydrogens is 328 g/mol. The fraction of sp³-hybridized carbons (Fsp3) is 0.318. The van der Waals surface area contributed by atoms with Gasteiger partial charge in [-0.2, -0.15) is 0 Å². The number of carbonyl (C=O) groups is 1. The Morgan fingerprint density at radius 3 is 2.42 bits per heavy atom. The van der Waals surface area contributed by atoms with E-state index in [4.69, 9.17) is 14.2 Å². The minimum absolute atomic E-state index is 0.0210. The van der Waals surface area contributed by atoms with Crippen molar-refractivity contribution in [2.24, 2.45) is 5.92 Å². The van der Waals surface area contributed by atoms with Gasteiger partial charge in [0.1, 0.15) is 18.1 Å². The van der Waals surface area contributed by atoms with Crippen LogP contribution in [0.25, 0.3) is 6.08 Å². The molecule has 4 nitrogen and oxygen atoms in total. The largest absolute Gasteiger partial charge is 0.464 e. The van der Waals surface area contributed by atoms with Crippen LogP contribution >= 0.6 is 0 Å². The molecule has 0 aromatic heterocycles. The first kappa shape index (κ1) is 19.7. The van der Waals surface area contributed by atoms with Crippen LogP contribution in [0.2, 0.25) is 0 Å². The van der Waals surface area contributed by atoms with Crippen LogP contribution in [0.4, 0.5) is 0 Å². The molecule has 0 amide bonds. The zero-order chi connectivity index (χ0) is 18.6. The van der Waals surface area contributed by atoms with Crippen LogP contribution in [0.1, 0.15) is 25.8 Å². The van der Waals surface area contributed by atoms with E-state index in [1.807, 2.05) is 54.6 Å². The molecule has 0 aliphatic rings. The maximum atomic E-state index is 11.2. The van der Waals surface area contributed by atoms with Crippen molar-refractivity contribution in [2.75, 3.05) is 19.8 Å². The molecule has 0 aliphatic carbocycles. The van der Waals surface area contributed by atoms with E-state index in [2.05, 4.69) is 19.1 Å². The highest BCUT2D eigenvalue weighted by Crippen LogP contribution is 2.21. The molecule has 1 unspecified atom stereocenters. The summed E-state index contributed by atoms with van der Waals surface area (Å²) < 4.78 is 15.9.